The summed E-state index contributed by atoms with van der Waals surface area (Å²) < 4.78 is 16.0. The Kier molecular flexibility index (Phi) is 6.70. The van der Waals surface area contributed by atoms with Gasteiger partial charge < -0.3 is 19.2 Å². The van der Waals surface area contributed by atoms with Crippen LogP contribution in [0.3, 0.4) is 0 Å². The number of rotatable bonds is 9. The van der Waals surface area contributed by atoms with Gasteiger partial charge in [-0.15, -0.1) is 0 Å². The molecule has 1 N–H and O–H groups in total. The SMILES string of the molecule is COc1cc(NC(=O)CN(Cc2ccccc2)Cc2ccco2)cc(OC)c1. The number of nitrogens with zero attached hydrogens (tertiary/aromatic N) is 1. The number of methoxy groups -OCH3 is 2. The zero-order valence-corrected chi connectivity index (χ0v) is 16.1. The molecule has 3 aromatic rings. The Balaban J connectivity index is 1.69. The highest BCUT2D eigenvalue weighted by molar-refractivity contribution is 5.92. The van der Waals surface area contributed by atoms with Crippen LogP contribution < -0.4 is 14.8 Å². The van der Waals surface area contributed by atoms with E-state index >= 15 is 0 Å². The summed E-state index contributed by atoms with van der Waals surface area (Å²) in [6, 6.07) is 19.1. The molecule has 0 aliphatic heterocycles. The van der Waals surface area contributed by atoms with Crippen LogP contribution in [0.5, 0.6) is 11.5 Å². The molecule has 1 aromatic heterocycles. The number of hydrogen-bond donors (Lipinski definition) is 1. The van der Waals surface area contributed by atoms with Crippen molar-refractivity contribution in [2.75, 3.05) is 26.1 Å². The van der Waals surface area contributed by atoms with Gasteiger partial charge >= 0.3 is 0 Å². The number of amides is 1. The van der Waals surface area contributed by atoms with Gasteiger partial charge in [0.25, 0.3) is 0 Å². The lowest BCUT2D eigenvalue weighted by atomic mass is 10.2. The molecule has 6 nitrogen and oxygen atoms in total. The molecule has 6 heteroatoms. The van der Waals surface area contributed by atoms with Gasteiger partial charge in [-0.2, -0.15) is 0 Å². The molecule has 3 rings (SSSR count). The molecule has 0 radical (unpaired) electrons. The maximum Gasteiger partial charge on any atom is 0.238 e. The van der Waals surface area contributed by atoms with Crippen molar-refractivity contribution in [3.8, 4) is 11.5 Å². The molecule has 0 atom stereocenters. The zero-order valence-electron chi connectivity index (χ0n) is 16.1. The number of benzene rings is 2. The summed E-state index contributed by atoms with van der Waals surface area (Å²) in [5, 5.41) is 2.92. The Labute approximate surface area is 164 Å². The maximum atomic E-state index is 12.7. The van der Waals surface area contributed by atoms with E-state index < -0.39 is 0 Å². The van der Waals surface area contributed by atoms with Crippen molar-refractivity contribution in [3.63, 3.8) is 0 Å². The van der Waals surface area contributed by atoms with E-state index in [4.69, 9.17) is 13.9 Å². The smallest absolute Gasteiger partial charge is 0.238 e. The molecule has 1 heterocycles. The summed E-state index contributed by atoms with van der Waals surface area (Å²) in [6.45, 7) is 1.39. The molecule has 146 valence electrons. The summed E-state index contributed by atoms with van der Waals surface area (Å²) >= 11 is 0. The van der Waals surface area contributed by atoms with Crippen LogP contribution in [-0.2, 0) is 17.9 Å². The predicted molar refractivity (Wildman–Crippen MR) is 107 cm³/mol. The van der Waals surface area contributed by atoms with Crippen molar-refractivity contribution in [2.45, 2.75) is 13.1 Å². The summed E-state index contributed by atoms with van der Waals surface area (Å²) in [5.41, 5.74) is 1.75. The first-order valence-electron chi connectivity index (χ1n) is 8.98. The second-order valence-corrected chi connectivity index (χ2v) is 6.36. The average molecular weight is 380 g/mol. The monoisotopic (exact) mass is 380 g/mol. The van der Waals surface area contributed by atoms with Crippen LogP contribution in [0.4, 0.5) is 5.69 Å². The van der Waals surface area contributed by atoms with Gasteiger partial charge in [0.1, 0.15) is 17.3 Å². The van der Waals surface area contributed by atoms with Crippen molar-refractivity contribution in [1.29, 1.82) is 0 Å². The van der Waals surface area contributed by atoms with Crippen LogP contribution in [0.25, 0.3) is 0 Å². The molecule has 0 bridgehead atoms. The third-order valence-corrected chi connectivity index (χ3v) is 4.21. The van der Waals surface area contributed by atoms with E-state index in [9.17, 15) is 4.79 Å². The van der Waals surface area contributed by atoms with Crippen molar-refractivity contribution in [2.24, 2.45) is 0 Å². The Hall–Kier alpha value is -3.25. The number of hydrogen-bond acceptors (Lipinski definition) is 5. The highest BCUT2D eigenvalue weighted by Crippen LogP contribution is 2.25. The van der Waals surface area contributed by atoms with E-state index in [0.29, 0.717) is 30.3 Å². The summed E-state index contributed by atoms with van der Waals surface area (Å²) in [5.74, 6) is 1.92. The first-order chi connectivity index (χ1) is 13.7. The van der Waals surface area contributed by atoms with Crippen molar-refractivity contribution in [1.82, 2.24) is 4.90 Å². The zero-order chi connectivity index (χ0) is 19.8. The second-order valence-electron chi connectivity index (χ2n) is 6.36. The molecular weight excluding hydrogens is 356 g/mol. The number of carbonyl (C=O) groups is 1. The minimum atomic E-state index is -0.127. The van der Waals surface area contributed by atoms with E-state index in [1.807, 2.05) is 47.4 Å². The fourth-order valence-corrected chi connectivity index (χ4v) is 2.92. The van der Waals surface area contributed by atoms with Crippen molar-refractivity contribution >= 4 is 11.6 Å². The van der Waals surface area contributed by atoms with Gasteiger partial charge in [0.15, 0.2) is 0 Å². The van der Waals surface area contributed by atoms with Crippen molar-refractivity contribution < 1.29 is 18.7 Å². The molecule has 28 heavy (non-hydrogen) atoms. The molecule has 2 aromatic carbocycles. The Bertz CT molecular complexity index is 857. The molecule has 1 amide bonds. The van der Waals surface area contributed by atoms with E-state index in [0.717, 1.165) is 11.3 Å². The van der Waals surface area contributed by atoms with Gasteiger partial charge in [0.05, 0.1) is 33.6 Å². The summed E-state index contributed by atoms with van der Waals surface area (Å²) in [7, 11) is 3.15. The van der Waals surface area contributed by atoms with Crippen LogP contribution in [-0.4, -0.2) is 31.6 Å². The van der Waals surface area contributed by atoms with E-state index in [-0.39, 0.29) is 12.5 Å². The standard InChI is InChI=1S/C22H24N2O4/c1-26-20-11-18(12-21(13-20)27-2)23-22(25)16-24(15-19-9-6-10-28-19)14-17-7-4-3-5-8-17/h3-13H,14-16H2,1-2H3,(H,23,25). The molecule has 0 spiro atoms. The molecule has 0 fully saturated rings. The van der Waals surface area contributed by atoms with Gasteiger partial charge in [0, 0.05) is 30.4 Å². The lowest BCUT2D eigenvalue weighted by Crippen LogP contribution is -2.32. The first-order valence-corrected chi connectivity index (χ1v) is 8.98. The first kappa shape index (κ1) is 19.5. The fourth-order valence-electron chi connectivity index (χ4n) is 2.92. The lowest BCUT2D eigenvalue weighted by molar-refractivity contribution is -0.117. The highest BCUT2D eigenvalue weighted by Gasteiger charge is 2.14. The lowest BCUT2D eigenvalue weighted by Gasteiger charge is -2.21. The van der Waals surface area contributed by atoms with Crippen molar-refractivity contribution in [3.05, 3.63) is 78.3 Å². The van der Waals surface area contributed by atoms with E-state index in [1.165, 1.54) is 0 Å². The second kappa shape index (κ2) is 9.62. The summed E-state index contributed by atoms with van der Waals surface area (Å²) in [4.78, 5) is 14.7. The quantitative estimate of drug-likeness (QED) is 0.609. The molecule has 0 saturated heterocycles. The van der Waals surface area contributed by atoms with Gasteiger partial charge in [-0.1, -0.05) is 30.3 Å². The normalized spacial score (nSPS) is 10.7. The number of nitrogens with one attached hydrogen (secondary N) is 1. The molecular formula is C22H24N2O4. The third kappa shape index (κ3) is 5.62. The van der Waals surface area contributed by atoms with Crippen LogP contribution in [0.1, 0.15) is 11.3 Å². The fraction of sp³-hybridized carbons (Fsp3) is 0.227. The molecule has 0 aliphatic carbocycles. The van der Waals surface area contributed by atoms with Crippen LogP contribution in [0.15, 0.2) is 71.3 Å². The minimum absolute atomic E-state index is 0.127. The van der Waals surface area contributed by atoms with Gasteiger partial charge in [-0.25, -0.2) is 0 Å². The number of ether oxygens (including phenoxy) is 2. The highest BCUT2D eigenvalue weighted by atomic mass is 16.5. The van der Waals surface area contributed by atoms with Gasteiger partial charge in [-0.05, 0) is 17.7 Å². The number of furan rings is 1. The predicted octanol–water partition coefficient (Wildman–Crippen LogP) is 3.94. The Morgan fingerprint density at radius 1 is 0.964 bits per heavy atom. The maximum absolute atomic E-state index is 12.7. The van der Waals surface area contributed by atoms with Gasteiger partial charge in [-0.3, -0.25) is 9.69 Å². The van der Waals surface area contributed by atoms with E-state index in [2.05, 4.69) is 5.32 Å². The molecule has 0 aliphatic rings. The minimum Gasteiger partial charge on any atom is -0.497 e. The Morgan fingerprint density at radius 3 is 2.29 bits per heavy atom. The van der Waals surface area contributed by atoms with Crippen LogP contribution in [0.2, 0.25) is 0 Å². The topological polar surface area (TPSA) is 63.9 Å². The average Bonchev–Trinajstić information content (AvgIpc) is 3.21. The third-order valence-electron chi connectivity index (χ3n) is 4.21. The number of carbonyl (C=O) groups excluding carboxylic acids is 1. The molecule has 0 unspecified atom stereocenters. The van der Waals surface area contributed by atoms with E-state index in [1.54, 1.807) is 38.7 Å². The summed E-state index contributed by atoms with van der Waals surface area (Å²) in [6.07, 6.45) is 1.64. The van der Waals surface area contributed by atoms with Crippen LogP contribution in [0, 0.1) is 0 Å². The Morgan fingerprint density at radius 2 is 1.68 bits per heavy atom. The van der Waals surface area contributed by atoms with Crippen LogP contribution >= 0.6 is 0 Å². The number of anilines is 1. The largest absolute Gasteiger partial charge is 0.497 e. The van der Waals surface area contributed by atoms with Gasteiger partial charge in [0.2, 0.25) is 5.91 Å². The molecule has 0 saturated carbocycles.